The minimum absolute atomic E-state index is 0.228. The molecule has 1 atom stereocenters. The van der Waals surface area contributed by atoms with Gasteiger partial charge in [0.25, 0.3) is 0 Å². The second kappa shape index (κ2) is 5.77. The van der Waals surface area contributed by atoms with Crippen molar-refractivity contribution in [1.29, 1.82) is 0 Å². The van der Waals surface area contributed by atoms with E-state index in [0.29, 0.717) is 5.88 Å². The fourth-order valence-corrected chi connectivity index (χ4v) is 2.81. The van der Waals surface area contributed by atoms with E-state index >= 15 is 0 Å². The molecule has 3 aromatic rings. The second-order valence-electron chi connectivity index (χ2n) is 4.99. The molecule has 2 heterocycles. The SMILES string of the molecule is COc1ccc2c(c1)nc(CCl)n2C(C)Cn1ccnc1. The Bertz CT molecular complexity index is 736. The van der Waals surface area contributed by atoms with E-state index in [1.165, 1.54) is 0 Å². The monoisotopic (exact) mass is 304 g/mol. The summed E-state index contributed by atoms with van der Waals surface area (Å²) >= 11 is 6.07. The topological polar surface area (TPSA) is 44.9 Å². The van der Waals surface area contributed by atoms with E-state index in [1.807, 2.05) is 30.7 Å². The maximum absolute atomic E-state index is 6.07. The van der Waals surface area contributed by atoms with Crippen molar-refractivity contribution in [1.82, 2.24) is 19.1 Å². The largest absolute Gasteiger partial charge is 0.497 e. The van der Waals surface area contributed by atoms with Gasteiger partial charge in [-0.1, -0.05) is 0 Å². The highest BCUT2D eigenvalue weighted by Gasteiger charge is 2.16. The summed E-state index contributed by atoms with van der Waals surface area (Å²) in [5, 5.41) is 0. The number of nitrogens with zero attached hydrogens (tertiary/aromatic N) is 4. The molecule has 21 heavy (non-hydrogen) atoms. The Kier molecular flexibility index (Phi) is 3.84. The van der Waals surface area contributed by atoms with E-state index in [0.717, 1.165) is 29.2 Å². The van der Waals surface area contributed by atoms with Crippen molar-refractivity contribution in [3.8, 4) is 5.75 Å². The molecule has 6 heteroatoms. The number of halogens is 1. The Morgan fingerprint density at radius 3 is 2.90 bits per heavy atom. The summed E-state index contributed by atoms with van der Waals surface area (Å²) < 4.78 is 9.49. The molecule has 0 N–H and O–H groups in total. The normalized spacial score (nSPS) is 12.7. The van der Waals surface area contributed by atoms with Crippen LogP contribution in [0, 0.1) is 0 Å². The summed E-state index contributed by atoms with van der Waals surface area (Å²) in [5.74, 6) is 2.05. The quantitative estimate of drug-likeness (QED) is 0.680. The van der Waals surface area contributed by atoms with Gasteiger partial charge >= 0.3 is 0 Å². The molecule has 0 aliphatic heterocycles. The molecule has 5 nitrogen and oxygen atoms in total. The predicted octanol–water partition coefficient (Wildman–Crippen LogP) is 3.24. The Morgan fingerprint density at radius 1 is 1.38 bits per heavy atom. The van der Waals surface area contributed by atoms with Gasteiger partial charge in [-0.05, 0) is 19.1 Å². The number of imidazole rings is 2. The summed E-state index contributed by atoms with van der Waals surface area (Å²) in [5.41, 5.74) is 1.97. The van der Waals surface area contributed by atoms with Crippen molar-refractivity contribution in [2.75, 3.05) is 7.11 Å². The molecule has 0 saturated carbocycles. The second-order valence-corrected chi connectivity index (χ2v) is 5.26. The highest BCUT2D eigenvalue weighted by Crippen LogP contribution is 2.26. The molecule has 2 aromatic heterocycles. The van der Waals surface area contributed by atoms with Crippen LogP contribution in [0.4, 0.5) is 0 Å². The lowest BCUT2D eigenvalue weighted by Gasteiger charge is -2.17. The number of rotatable bonds is 5. The minimum Gasteiger partial charge on any atom is -0.497 e. The summed E-state index contributed by atoms with van der Waals surface area (Å²) in [6.07, 6.45) is 5.56. The summed E-state index contributed by atoms with van der Waals surface area (Å²) in [6.45, 7) is 2.97. The molecule has 0 aliphatic carbocycles. The fraction of sp³-hybridized carbons (Fsp3) is 0.333. The first-order valence-corrected chi connectivity index (χ1v) is 7.33. The van der Waals surface area contributed by atoms with E-state index in [9.17, 15) is 0 Å². The van der Waals surface area contributed by atoms with Crippen LogP contribution in [-0.4, -0.2) is 26.2 Å². The van der Waals surface area contributed by atoms with E-state index < -0.39 is 0 Å². The van der Waals surface area contributed by atoms with Crippen LogP contribution in [0.2, 0.25) is 0 Å². The lowest BCUT2D eigenvalue weighted by Crippen LogP contribution is -2.14. The van der Waals surface area contributed by atoms with Crippen LogP contribution in [0.25, 0.3) is 11.0 Å². The van der Waals surface area contributed by atoms with Gasteiger partial charge in [0.15, 0.2) is 0 Å². The summed E-state index contributed by atoms with van der Waals surface area (Å²) in [7, 11) is 1.66. The van der Waals surface area contributed by atoms with Gasteiger partial charge < -0.3 is 13.9 Å². The zero-order valence-electron chi connectivity index (χ0n) is 12.0. The third kappa shape index (κ3) is 2.61. The molecule has 0 aliphatic rings. The Hall–Kier alpha value is -2.01. The minimum atomic E-state index is 0.228. The average molecular weight is 305 g/mol. The maximum atomic E-state index is 6.07. The molecule has 3 rings (SSSR count). The molecule has 0 spiro atoms. The number of alkyl halides is 1. The maximum Gasteiger partial charge on any atom is 0.125 e. The average Bonchev–Trinajstić information content (AvgIpc) is 3.12. The summed E-state index contributed by atoms with van der Waals surface area (Å²) in [4.78, 5) is 8.70. The first-order chi connectivity index (χ1) is 10.2. The lowest BCUT2D eigenvalue weighted by atomic mass is 10.2. The molecule has 1 unspecified atom stereocenters. The molecule has 0 saturated heterocycles. The fourth-order valence-electron chi connectivity index (χ4n) is 2.62. The van der Waals surface area contributed by atoms with E-state index in [1.54, 1.807) is 13.3 Å². The molecular weight excluding hydrogens is 288 g/mol. The van der Waals surface area contributed by atoms with Crippen molar-refractivity contribution in [2.45, 2.75) is 25.4 Å². The predicted molar refractivity (Wildman–Crippen MR) is 82.8 cm³/mol. The molecule has 1 aromatic carbocycles. The Morgan fingerprint density at radius 2 is 2.24 bits per heavy atom. The number of ether oxygens (including phenoxy) is 1. The van der Waals surface area contributed by atoms with Crippen molar-refractivity contribution < 1.29 is 4.74 Å². The first kappa shape index (κ1) is 13.9. The molecule has 0 fully saturated rings. The van der Waals surface area contributed by atoms with Crippen LogP contribution in [-0.2, 0) is 12.4 Å². The van der Waals surface area contributed by atoms with Crippen LogP contribution in [0.3, 0.4) is 0 Å². The number of methoxy groups -OCH3 is 1. The van der Waals surface area contributed by atoms with Crippen molar-refractivity contribution >= 4 is 22.6 Å². The molecule has 0 radical (unpaired) electrons. The zero-order chi connectivity index (χ0) is 14.8. The van der Waals surface area contributed by atoms with Crippen LogP contribution in [0.5, 0.6) is 5.75 Å². The molecule has 0 bridgehead atoms. The van der Waals surface area contributed by atoms with Gasteiger partial charge in [-0.15, -0.1) is 11.6 Å². The van der Waals surface area contributed by atoms with E-state index in [4.69, 9.17) is 16.3 Å². The standard InChI is InChI=1S/C15H17ClN4O/c1-11(9-19-6-5-17-10-19)20-14-4-3-12(21-2)7-13(14)18-15(20)8-16/h3-7,10-11H,8-9H2,1-2H3. The van der Waals surface area contributed by atoms with Gasteiger partial charge in [0.05, 0.1) is 36.4 Å². The number of fused-ring (bicyclic) bond motifs is 1. The van der Waals surface area contributed by atoms with Gasteiger partial charge in [-0.2, -0.15) is 0 Å². The van der Waals surface area contributed by atoms with Crippen molar-refractivity contribution in [3.05, 3.63) is 42.7 Å². The van der Waals surface area contributed by atoms with Crippen LogP contribution < -0.4 is 4.74 Å². The van der Waals surface area contributed by atoms with Crippen molar-refractivity contribution in [3.63, 3.8) is 0 Å². The smallest absolute Gasteiger partial charge is 0.125 e. The van der Waals surface area contributed by atoms with E-state index in [-0.39, 0.29) is 6.04 Å². The zero-order valence-corrected chi connectivity index (χ0v) is 12.8. The van der Waals surface area contributed by atoms with Crippen molar-refractivity contribution in [2.24, 2.45) is 0 Å². The summed E-state index contributed by atoms with van der Waals surface area (Å²) in [6, 6.07) is 6.14. The molecular formula is C15H17ClN4O. The van der Waals surface area contributed by atoms with Crippen LogP contribution in [0.1, 0.15) is 18.8 Å². The van der Waals surface area contributed by atoms with Gasteiger partial charge in [0.1, 0.15) is 11.6 Å². The van der Waals surface area contributed by atoms with Crippen LogP contribution >= 0.6 is 11.6 Å². The highest BCUT2D eigenvalue weighted by molar-refractivity contribution is 6.16. The number of benzene rings is 1. The van der Waals surface area contributed by atoms with Gasteiger partial charge in [0.2, 0.25) is 0 Å². The molecule has 0 amide bonds. The van der Waals surface area contributed by atoms with E-state index in [2.05, 4.69) is 26.0 Å². The van der Waals surface area contributed by atoms with Gasteiger partial charge in [0, 0.05) is 25.0 Å². The third-order valence-electron chi connectivity index (χ3n) is 3.56. The lowest BCUT2D eigenvalue weighted by molar-refractivity contribution is 0.415. The molecule has 110 valence electrons. The van der Waals surface area contributed by atoms with Gasteiger partial charge in [-0.25, -0.2) is 9.97 Å². The highest BCUT2D eigenvalue weighted by atomic mass is 35.5. The first-order valence-electron chi connectivity index (χ1n) is 6.79. The number of hydrogen-bond donors (Lipinski definition) is 0. The van der Waals surface area contributed by atoms with Gasteiger partial charge in [-0.3, -0.25) is 0 Å². The third-order valence-corrected chi connectivity index (χ3v) is 3.80. The Labute approximate surface area is 128 Å². The van der Waals surface area contributed by atoms with Crippen LogP contribution in [0.15, 0.2) is 36.9 Å². The number of hydrogen-bond acceptors (Lipinski definition) is 3. The number of aromatic nitrogens is 4. The Balaban J connectivity index is 2.03.